The average molecular weight is 511 g/mol. The summed E-state index contributed by atoms with van der Waals surface area (Å²) in [6, 6.07) is 16.4. The summed E-state index contributed by atoms with van der Waals surface area (Å²) in [5.41, 5.74) is 12.5. The lowest BCUT2D eigenvalue weighted by Crippen LogP contribution is -2.36. The first-order valence-electron chi connectivity index (χ1n) is 13.1. The minimum Gasteiger partial charge on any atom is -0.334 e. The standard InChI is InChI=1S/C30H34N6O2/c1-5-36-27-11-10-25(20(4)29(27)33-34-36)26(16-28(37)32-31)22-9-8-21-12-13-35(17-24(21)15-22)30(38)23-7-6-18(2)19(3)14-23/h6-11,14-15,26H,5,12-13,16-17,31H2,1-4H3,(H,32,37)/t26-/m0/s1. The SMILES string of the molecule is CCn1nnc2c(C)c([C@@H](CC(=O)NN)c3ccc4c(c3)CN(C(=O)c3ccc(C)c(C)c3)CC4)ccc21. The van der Waals surface area contributed by atoms with Crippen molar-refractivity contribution in [2.75, 3.05) is 6.54 Å². The van der Waals surface area contributed by atoms with E-state index >= 15 is 0 Å². The summed E-state index contributed by atoms with van der Waals surface area (Å²) >= 11 is 0. The third kappa shape index (κ3) is 4.67. The van der Waals surface area contributed by atoms with Crippen LogP contribution in [-0.2, 0) is 24.3 Å². The highest BCUT2D eigenvalue weighted by Gasteiger charge is 2.26. The first kappa shape index (κ1) is 25.6. The summed E-state index contributed by atoms with van der Waals surface area (Å²) in [7, 11) is 0. The third-order valence-electron chi connectivity index (χ3n) is 7.89. The van der Waals surface area contributed by atoms with Crippen molar-refractivity contribution in [3.8, 4) is 0 Å². The van der Waals surface area contributed by atoms with Crippen molar-refractivity contribution in [2.24, 2.45) is 5.84 Å². The van der Waals surface area contributed by atoms with Crippen LogP contribution in [0.2, 0.25) is 0 Å². The van der Waals surface area contributed by atoms with Gasteiger partial charge in [-0.05, 0) is 91.3 Å². The van der Waals surface area contributed by atoms with E-state index in [0.29, 0.717) is 18.7 Å². The molecular formula is C30H34N6O2. The third-order valence-corrected chi connectivity index (χ3v) is 7.89. The number of carbonyl (C=O) groups excluding carboxylic acids is 2. The minimum atomic E-state index is -0.240. The van der Waals surface area contributed by atoms with Gasteiger partial charge in [0.15, 0.2) is 0 Å². The lowest BCUT2D eigenvalue weighted by Gasteiger charge is -2.30. The number of amides is 2. The molecule has 1 atom stereocenters. The fraction of sp³-hybridized carbons (Fsp3) is 0.333. The zero-order valence-electron chi connectivity index (χ0n) is 22.4. The van der Waals surface area contributed by atoms with Crippen LogP contribution in [0.25, 0.3) is 11.0 Å². The Labute approximate surface area is 222 Å². The molecule has 0 saturated carbocycles. The Morgan fingerprint density at radius 2 is 1.84 bits per heavy atom. The molecule has 196 valence electrons. The maximum Gasteiger partial charge on any atom is 0.254 e. The number of aryl methyl sites for hydroxylation is 4. The van der Waals surface area contributed by atoms with Crippen LogP contribution in [0.5, 0.6) is 0 Å². The molecule has 0 unspecified atom stereocenters. The number of nitrogens with zero attached hydrogens (tertiary/aromatic N) is 4. The van der Waals surface area contributed by atoms with Gasteiger partial charge in [0.1, 0.15) is 5.52 Å². The Bertz CT molecular complexity index is 1540. The van der Waals surface area contributed by atoms with Gasteiger partial charge in [-0.15, -0.1) is 5.10 Å². The molecule has 8 heteroatoms. The number of hydrazine groups is 1. The summed E-state index contributed by atoms with van der Waals surface area (Å²) in [4.78, 5) is 27.8. The number of hydrogen-bond donors (Lipinski definition) is 2. The van der Waals surface area contributed by atoms with E-state index in [4.69, 9.17) is 5.84 Å². The fourth-order valence-electron chi connectivity index (χ4n) is 5.47. The lowest BCUT2D eigenvalue weighted by molar-refractivity contribution is -0.121. The highest BCUT2D eigenvalue weighted by molar-refractivity contribution is 5.94. The summed E-state index contributed by atoms with van der Waals surface area (Å²) in [5, 5.41) is 8.68. The number of carbonyl (C=O) groups is 2. The van der Waals surface area contributed by atoms with Crippen molar-refractivity contribution in [1.82, 2.24) is 25.3 Å². The molecule has 3 N–H and O–H groups in total. The quantitative estimate of drug-likeness (QED) is 0.231. The van der Waals surface area contributed by atoms with Crippen LogP contribution in [0.3, 0.4) is 0 Å². The molecule has 0 bridgehead atoms. The number of benzene rings is 3. The molecule has 38 heavy (non-hydrogen) atoms. The Balaban J connectivity index is 1.50. The highest BCUT2D eigenvalue weighted by atomic mass is 16.2. The summed E-state index contributed by atoms with van der Waals surface area (Å²) in [6.07, 6.45) is 1.00. The molecule has 2 amide bonds. The van der Waals surface area contributed by atoms with E-state index in [-0.39, 0.29) is 24.2 Å². The van der Waals surface area contributed by atoms with Gasteiger partial charge in [0.2, 0.25) is 5.91 Å². The Hall–Kier alpha value is -4.04. The minimum absolute atomic E-state index is 0.0449. The first-order valence-corrected chi connectivity index (χ1v) is 13.1. The van der Waals surface area contributed by atoms with Gasteiger partial charge >= 0.3 is 0 Å². The van der Waals surface area contributed by atoms with E-state index in [2.05, 4.69) is 46.9 Å². The fourth-order valence-corrected chi connectivity index (χ4v) is 5.47. The van der Waals surface area contributed by atoms with Crippen LogP contribution >= 0.6 is 0 Å². The first-order chi connectivity index (χ1) is 18.3. The van der Waals surface area contributed by atoms with E-state index in [1.807, 2.05) is 54.6 Å². The molecule has 1 aliphatic rings. The van der Waals surface area contributed by atoms with Crippen molar-refractivity contribution < 1.29 is 9.59 Å². The number of hydrogen-bond acceptors (Lipinski definition) is 5. The monoisotopic (exact) mass is 510 g/mol. The van der Waals surface area contributed by atoms with Crippen molar-refractivity contribution >= 4 is 22.8 Å². The van der Waals surface area contributed by atoms with Crippen molar-refractivity contribution in [3.63, 3.8) is 0 Å². The lowest BCUT2D eigenvalue weighted by atomic mass is 9.83. The topological polar surface area (TPSA) is 106 Å². The van der Waals surface area contributed by atoms with E-state index < -0.39 is 0 Å². The second-order valence-electron chi connectivity index (χ2n) is 10.2. The molecule has 1 aliphatic heterocycles. The number of aromatic nitrogens is 3. The molecule has 0 spiro atoms. The summed E-state index contributed by atoms with van der Waals surface area (Å²) in [6.45, 7) is 10.1. The van der Waals surface area contributed by atoms with Gasteiger partial charge in [-0.25, -0.2) is 10.5 Å². The maximum absolute atomic E-state index is 13.3. The zero-order chi connectivity index (χ0) is 27.0. The normalized spacial score (nSPS) is 13.9. The smallest absolute Gasteiger partial charge is 0.254 e. The van der Waals surface area contributed by atoms with Gasteiger partial charge in [-0.1, -0.05) is 35.5 Å². The van der Waals surface area contributed by atoms with Crippen molar-refractivity contribution in [2.45, 2.75) is 59.5 Å². The van der Waals surface area contributed by atoms with E-state index in [1.54, 1.807) is 0 Å². The molecule has 0 aliphatic carbocycles. The van der Waals surface area contributed by atoms with Gasteiger partial charge in [0, 0.05) is 37.5 Å². The Morgan fingerprint density at radius 1 is 1.03 bits per heavy atom. The molecule has 0 saturated heterocycles. The number of rotatable bonds is 6. The van der Waals surface area contributed by atoms with Gasteiger partial charge < -0.3 is 4.90 Å². The average Bonchev–Trinajstić information content (AvgIpc) is 3.36. The molecule has 5 rings (SSSR count). The van der Waals surface area contributed by atoms with Crippen molar-refractivity contribution in [1.29, 1.82) is 0 Å². The molecule has 0 radical (unpaired) electrons. The maximum atomic E-state index is 13.3. The van der Waals surface area contributed by atoms with Crippen molar-refractivity contribution in [3.05, 3.63) is 93.0 Å². The van der Waals surface area contributed by atoms with Gasteiger partial charge in [-0.2, -0.15) is 0 Å². The van der Waals surface area contributed by atoms with E-state index in [0.717, 1.165) is 51.8 Å². The number of nitrogens with one attached hydrogen (secondary N) is 1. The van der Waals surface area contributed by atoms with Crippen LogP contribution in [-0.4, -0.2) is 38.3 Å². The molecule has 3 aromatic carbocycles. The van der Waals surface area contributed by atoms with Gasteiger partial charge in [0.05, 0.1) is 5.52 Å². The van der Waals surface area contributed by atoms with Crippen LogP contribution in [0.4, 0.5) is 0 Å². The summed E-state index contributed by atoms with van der Waals surface area (Å²) in [5.74, 6) is 5.08. The Morgan fingerprint density at radius 3 is 2.58 bits per heavy atom. The van der Waals surface area contributed by atoms with Crippen LogP contribution in [0.15, 0.2) is 48.5 Å². The molecule has 8 nitrogen and oxygen atoms in total. The summed E-state index contributed by atoms with van der Waals surface area (Å²) < 4.78 is 1.87. The van der Waals surface area contributed by atoms with E-state index in [1.165, 1.54) is 11.1 Å². The predicted molar refractivity (Wildman–Crippen MR) is 148 cm³/mol. The highest BCUT2D eigenvalue weighted by Crippen LogP contribution is 2.35. The molecule has 1 aromatic heterocycles. The molecular weight excluding hydrogens is 476 g/mol. The van der Waals surface area contributed by atoms with Gasteiger partial charge in [-0.3, -0.25) is 15.0 Å². The van der Waals surface area contributed by atoms with Gasteiger partial charge in [0.25, 0.3) is 5.91 Å². The zero-order valence-corrected chi connectivity index (χ0v) is 22.4. The van der Waals surface area contributed by atoms with Crippen LogP contribution in [0.1, 0.15) is 68.6 Å². The van der Waals surface area contributed by atoms with Crippen LogP contribution in [0, 0.1) is 20.8 Å². The number of nitrogens with two attached hydrogens (primary N) is 1. The van der Waals surface area contributed by atoms with E-state index in [9.17, 15) is 9.59 Å². The second-order valence-corrected chi connectivity index (χ2v) is 10.2. The predicted octanol–water partition coefficient (Wildman–Crippen LogP) is 4.09. The second kappa shape index (κ2) is 10.4. The number of fused-ring (bicyclic) bond motifs is 2. The molecule has 2 heterocycles. The molecule has 4 aromatic rings. The largest absolute Gasteiger partial charge is 0.334 e. The molecule has 0 fully saturated rings. The Kier molecular flexibility index (Phi) is 6.99. The van der Waals surface area contributed by atoms with Crippen LogP contribution < -0.4 is 11.3 Å².